The van der Waals surface area contributed by atoms with Crippen molar-refractivity contribution in [2.45, 2.75) is 39.7 Å². The third kappa shape index (κ3) is 4.99. The van der Waals surface area contributed by atoms with Gasteiger partial charge in [0.15, 0.2) is 0 Å². The van der Waals surface area contributed by atoms with Crippen LogP contribution in [0.15, 0.2) is 22.7 Å². The Morgan fingerprint density at radius 2 is 2.00 bits per heavy atom. The summed E-state index contributed by atoms with van der Waals surface area (Å²) in [7, 11) is 0. The number of nitrogens with one attached hydrogen (secondary N) is 1. The molecular weight excluding hydrogens is 298 g/mol. The van der Waals surface area contributed by atoms with Gasteiger partial charge >= 0.3 is 0 Å². The van der Waals surface area contributed by atoms with E-state index >= 15 is 0 Å². The van der Waals surface area contributed by atoms with E-state index in [4.69, 9.17) is 11.6 Å². The van der Waals surface area contributed by atoms with Crippen LogP contribution in [-0.4, -0.2) is 6.54 Å². The molecular formula is C14H21BrClN. The summed E-state index contributed by atoms with van der Waals surface area (Å²) >= 11 is 9.61. The Labute approximate surface area is 118 Å². The maximum absolute atomic E-state index is 6.11. The average molecular weight is 319 g/mol. The molecule has 1 N–H and O–H groups in total. The molecule has 1 aromatic carbocycles. The molecule has 1 nitrogen and oxygen atoms in total. The Balaban J connectivity index is 2.88. The molecule has 0 spiro atoms. The molecule has 0 saturated heterocycles. The van der Waals surface area contributed by atoms with Crippen LogP contribution in [-0.2, 0) is 0 Å². The second kappa shape index (κ2) is 7.40. The van der Waals surface area contributed by atoms with Gasteiger partial charge in [0.25, 0.3) is 0 Å². The zero-order chi connectivity index (χ0) is 12.8. The molecule has 0 aliphatic carbocycles. The van der Waals surface area contributed by atoms with Crippen LogP contribution in [0.1, 0.15) is 45.2 Å². The smallest absolute Gasteiger partial charge is 0.0420 e. The maximum atomic E-state index is 6.11. The van der Waals surface area contributed by atoms with Gasteiger partial charge in [-0.2, -0.15) is 0 Å². The Morgan fingerprint density at radius 1 is 1.29 bits per heavy atom. The monoisotopic (exact) mass is 317 g/mol. The van der Waals surface area contributed by atoms with Crippen LogP contribution in [0.2, 0.25) is 5.02 Å². The summed E-state index contributed by atoms with van der Waals surface area (Å²) in [5.41, 5.74) is 1.27. The van der Waals surface area contributed by atoms with E-state index in [0.717, 1.165) is 28.4 Å². The van der Waals surface area contributed by atoms with Gasteiger partial charge in [-0.15, -0.1) is 0 Å². The van der Waals surface area contributed by atoms with Gasteiger partial charge in [-0.05, 0) is 42.6 Å². The third-order valence-electron chi connectivity index (χ3n) is 3.07. The van der Waals surface area contributed by atoms with E-state index < -0.39 is 0 Å². The molecule has 1 rings (SSSR count). The van der Waals surface area contributed by atoms with Crippen LogP contribution < -0.4 is 5.32 Å². The minimum absolute atomic E-state index is 0.393. The number of benzene rings is 1. The quantitative estimate of drug-likeness (QED) is 0.761. The summed E-state index contributed by atoms with van der Waals surface area (Å²) in [4.78, 5) is 0. The fourth-order valence-electron chi connectivity index (χ4n) is 1.93. The Kier molecular flexibility index (Phi) is 6.53. The zero-order valence-corrected chi connectivity index (χ0v) is 13.1. The molecule has 0 aliphatic heterocycles. The van der Waals surface area contributed by atoms with E-state index in [9.17, 15) is 0 Å². The molecule has 0 heterocycles. The first kappa shape index (κ1) is 15.0. The lowest BCUT2D eigenvalue weighted by atomic mass is 9.94. The number of rotatable bonds is 6. The molecule has 0 saturated carbocycles. The van der Waals surface area contributed by atoms with Crippen LogP contribution in [0, 0.1) is 5.92 Å². The second-order valence-corrected chi connectivity index (χ2v) is 5.91. The van der Waals surface area contributed by atoms with E-state index in [1.165, 1.54) is 12.0 Å². The zero-order valence-electron chi connectivity index (χ0n) is 10.8. The topological polar surface area (TPSA) is 12.0 Å². The second-order valence-electron chi connectivity index (χ2n) is 4.56. The highest BCUT2D eigenvalue weighted by Crippen LogP contribution is 2.28. The number of halogens is 2. The summed E-state index contributed by atoms with van der Waals surface area (Å²) in [6, 6.07) is 6.53. The predicted octanol–water partition coefficient (Wildman–Crippen LogP) is 5.19. The normalized spacial score (nSPS) is 14.6. The first-order valence-corrected chi connectivity index (χ1v) is 7.43. The average Bonchev–Trinajstić information content (AvgIpc) is 2.27. The lowest BCUT2D eigenvalue weighted by molar-refractivity contribution is 0.408. The van der Waals surface area contributed by atoms with Gasteiger partial charge in [-0.25, -0.2) is 0 Å². The summed E-state index contributed by atoms with van der Waals surface area (Å²) in [6.07, 6.45) is 2.36. The summed E-state index contributed by atoms with van der Waals surface area (Å²) in [6.45, 7) is 7.65. The Hall–Kier alpha value is -0.0500. The minimum atomic E-state index is 0.393. The van der Waals surface area contributed by atoms with Crippen molar-refractivity contribution in [3.05, 3.63) is 33.3 Å². The summed E-state index contributed by atoms with van der Waals surface area (Å²) < 4.78 is 1.05. The van der Waals surface area contributed by atoms with Crippen molar-refractivity contribution < 1.29 is 0 Å². The predicted molar refractivity (Wildman–Crippen MR) is 79.6 cm³/mol. The van der Waals surface area contributed by atoms with Crippen LogP contribution in [0.4, 0.5) is 0 Å². The van der Waals surface area contributed by atoms with Crippen molar-refractivity contribution in [3.8, 4) is 0 Å². The molecule has 0 fully saturated rings. The maximum Gasteiger partial charge on any atom is 0.0420 e. The van der Waals surface area contributed by atoms with E-state index in [1.807, 2.05) is 6.07 Å². The molecule has 17 heavy (non-hydrogen) atoms. The molecule has 1 aromatic rings. The van der Waals surface area contributed by atoms with Gasteiger partial charge in [0.05, 0.1) is 0 Å². The fourth-order valence-corrected chi connectivity index (χ4v) is 2.82. The highest BCUT2D eigenvalue weighted by molar-refractivity contribution is 9.10. The molecule has 96 valence electrons. The molecule has 0 amide bonds. The molecule has 0 aliphatic rings. The third-order valence-corrected chi connectivity index (χ3v) is 3.75. The van der Waals surface area contributed by atoms with Crippen molar-refractivity contribution in [2.75, 3.05) is 6.54 Å². The van der Waals surface area contributed by atoms with E-state index in [1.54, 1.807) is 0 Å². The lowest BCUT2D eigenvalue weighted by Crippen LogP contribution is -2.22. The van der Waals surface area contributed by atoms with Crippen LogP contribution in [0.25, 0.3) is 0 Å². The molecule has 0 radical (unpaired) electrons. The van der Waals surface area contributed by atoms with Crippen molar-refractivity contribution in [1.29, 1.82) is 0 Å². The highest BCUT2D eigenvalue weighted by atomic mass is 79.9. The van der Waals surface area contributed by atoms with E-state index in [0.29, 0.717) is 6.04 Å². The number of hydrogen-bond donors (Lipinski definition) is 1. The first-order chi connectivity index (χ1) is 8.06. The standard InChI is InChI=1S/C14H21BrClN/c1-4-10(3)6-14(17-5-2)11-7-12(15)9-13(16)8-11/h7-10,14,17H,4-6H2,1-3H3. The van der Waals surface area contributed by atoms with Crippen LogP contribution in [0.5, 0.6) is 0 Å². The summed E-state index contributed by atoms with van der Waals surface area (Å²) in [5, 5.41) is 4.33. The van der Waals surface area contributed by atoms with Crippen molar-refractivity contribution >= 4 is 27.5 Å². The van der Waals surface area contributed by atoms with Gasteiger partial charge in [-0.3, -0.25) is 0 Å². The fraction of sp³-hybridized carbons (Fsp3) is 0.571. The van der Waals surface area contributed by atoms with Crippen LogP contribution in [0.3, 0.4) is 0 Å². The van der Waals surface area contributed by atoms with Crippen molar-refractivity contribution in [1.82, 2.24) is 5.32 Å². The SMILES string of the molecule is CCNC(CC(C)CC)c1cc(Cl)cc(Br)c1. The van der Waals surface area contributed by atoms with E-state index in [2.05, 4.69) is 54.2 Å². The van der Waals surface area contributed by atoms with E-state index in [-0.39, 0.29) is 0 Å². The lowest BCUT2D eigenvalue weighted by Gasteiger charge is -2.22. The van der Waals surface area contributed by atoms with Crippen LogP contribution >= 0.6 is 27.5 Å². The molecule has 2 atom stereocenters. The van der Waals surface area contributed by atoms with Gasteiger partial charge < -0.3 is 5.32 Å². The highest BCUT2D eigenvalue weighted by Gasteiger charge is 2.14. The first-order valence-electron chi connectivity index (χ1n) is 6.26. The van der Waals surface area contributed by atoms with Gasteiger partial charge in [0.2, 0.25) is 0 Å². The van der Waals surface area contributed by atoms with Gasteiger partial charge in [0.1, 0.15) is 0 Å². The number of hydrogen-bond acceptors (Lipinski definition) is 1. The minimum Gasteiger partial charge on any atom is -0.310 e. The largest absolute Gasteiger partial charge is 0.310 e. The van der Waals surface area contributed by atoms with Crippen molar-refractivity contribution in [2.24, 2.45) is 5.92 Å². The van der Waals surface area contributed by atoms with Crippen molar-refractivity contribution in [3.63, 3.8) is 0 Å². The molecule has 3 heteroatoms. The van der Waals surface area contributed by atoms with Gasteiger partial charge in [0, 0.05) is 15.5 Å². The Bertz CT molecular complexity index is 334. The van der Waals surface area contributed by atoms with Gasteiger partial charge in [-0.1, -0.05) is 54.7 Å². The molecule has 0 aromatic heterocycles. The summed E-state index contributed by atoms with van der Waals surface area (Å²) in [5.74, 6) is 0.719. The Morgan fingerprint density at radius 3 is 2.53 bits per heavy atom. The molecule has 2 unspecified atom stereocenters. The molecule has 0 bridgehead atoms.